The summed E-state index contributed by atoms with van der Waals surface area (Å²) in [5, 5.41) is 14.6. The van der Waals surface area contributed by atoms with Gasteiger partial charge >= 0.3 is 0 Å². The third-order valence-electron chi connectivity index (χ3n) is 3.80. The lowest BCUT2D eigenvalue weighted by Crippen LogP contribution is -2.16. The third kappa shape index (κ3) is 4.61. The molecule has 0 aliphatic rings. The van der Waals surface area contributed by atoms with E-state index in [9.17, 15) is 4.79 Å². The number of hydrogen-bond acceptors (Lipinski definition) is 5. The highest BCUT2D eigenvalue weighted by molar-refractivity contribution is 7.99. The van der Waals surface area contributed by atoms with E-state index < -0.39 is 0 Å². The number of benzene rings is 1. The van der Waals surface area contributed by atoms with E-state index >= 15 is 0 Å². The number of thioether (sulfide) groups is 1. The number of halogens is 1. The number of thiophene rings is 1. The van der Waals surface area contributed by atoms with Crippen molar-refractivity contribution >= 4 is 46.3 Å². The Hall–Kier alpha value is -2.09. The Morgan fingerprint density at radius 2 is 2.22 bits per heavy atom. The van der Waals surface area contributed by atoms with Crippen LogP contribution in [-0.2, 0) is 11.3 Å². The maximum Gasteiger partial charge on any atom is 0.234 e. The van der Waals surface area contributed by atoms with Crippen LogP contribution in [0.4, 0.5) is 5.69 Å². The van der Waals surface area contributed by atoms with E-state index in [1.807, 2.05) is 48.1 Å². The molecule has 0 aliphatic carbocycles. The van der Waals surface area contributed by atoms with Gasteiger partial charge in [-0.05, 0) is 42.5 Å². The molecule has 1 amide bonds. The van der Waals surface area contributed by atoms with Gasteiger partial charge in [0.1, 0.15) is 0 Å². The molecule has 8 heteroatoms. The first kappa shape index (κ1) is 19.7. The Bertz CT molecular complexity index is 943. The highest BCUT2D eigenvalue weighted by Gasteiger charge is 2.16. The van der Waals surface area contributed by atoms with Gasteiger partial charge in [-0.3, -0.25) is 9.36 Å². The number of aromatic nitrogens is 3. The molecule has 0 aliphatic heterocycles. The zero-order valence-electron chi connectivity index (χ0n) is 15.0. The highest BCUT2D eigenvalue weighted by atomic mass is 35.5. The summed E-state index contributed by atoms with van der Waals surface area (Å²) in [6.07, 6.45) is 1.79. The van der Waals surface area contributed by atoms with Crippen LogP contribution < -0.4 is 5.32 Å². The van der Waals surface area contributed by atoms with E-state index in [1.165, 1.54) is 11.8 Å². The van der Waals surface area contributed by atoms with Crippen molar-refractivity contribution < 1.29 is 4.79 Å². The number of aryl methyl sites for hydroxylation is 2. The molecular formula is C19H19ClN4OS2. The predicted octanol–water partition coefficient (Wildman–Crippen LogP) is 5.19. The lowest BCUT2D eigenvalue weighted by Gasteiger charge is -2.11. The standard InChI is InChI=1S/C19H19ClN4OS2/c1-4-7-24-18(15-6-5-8-26-15)22-23-19(24)27-11-16(25)21-17-13(3)9-12(2)10-14(17)20/h4-6,8-10H,1,7,11H2,2-3H3,(H,21,25). The number of rotatable bonds is 7. The minimum atomic E-state index is -0.139. The van der Waals surface area contributed by atoms with Crippen molar-refractivity contribution in [3.63, 3.8) is 0 Å². The Balaban J connectivity index is 1.72. The Kier molecular flexibility index (Phi) is 6.36. The minimum Gasteiger partial charge on any atom is -0.324 e. The van der Waals surface area contributed by atoms with Crippen LogP contribution in [0.25, 0.3) is 10.7 Å². The SMILES string of the molecule is C=CCn1c(SCC(=O)Nc2c(C)cc(C)cc2Cl)nnc1-c1cccs1. The molecule has 1 aromatic carbocycles. The molecule has 140 valence electrons. The third-order valence-corrected chi connectivity index (χ3v) is 5.93. The topological polar surface area (TPSA) is 59.8 Å². The van der Waals surface area contributed by atoms with Crippen molar-refractivity contribution in [1.29, 1.82) is 0 Å². The normalized spacial score (nSPS) is 10.8. The number of nitrogens with one attached hydrogen (secondary N) is 1. The molecule has 0 fully saturated rings. The maximum absolute atomic E-state index is 12.4. The lowest BCUT2D eigenvalue weighted by molar-refractivity contribution is -0.113. The zero-order valence-corrected chi connectivity index (χ0v) is 17.4. The predicted molar refractivity (Wildman–Crippen MR) is 114 cm³/mol. The summed E-state index contributed by atoms with van der Waals surface area (Å²) in [5.74, 6) is 0.855. The summed E-state index contributed by atoms with van der Waals surface area (Å²) in [6, 6.07) is 7.80. The number of carbonyl (C=O) groups excluding carboxylic acids is 1. The summed E-state index contributed by atoms with van der Waals surface area (Å²) in [5.41, 5.74) is 2.65. The second-order valence-electron chi connectivity index (χ2n) is 5.96. The number of hydrogen-bond donors (Lipinski definition) is 1. The van der Waals surface area contributed by atoms with Gasteiger partial charge in [0, 0.05) is 6.54 Å². The molecule has 3 rings (SSSR count). The molecule has 0 atom stereocenters. The fraction of sp³-hybridized carbons (Fsp3) is 0.211. The number of nitrogens with zero attached hydrogens (tertiary/aromatic N) is 3. The average Bonchev–Trinajstić information content (AvgIpc) is 3.26. The van der Waals surface area contributed by atoms with Crippen LogP contribution in [0.5, 0.6) is 0 Å². The van der Waals surface area contributed by atoms with Gasteiger partial charge in [0.05, 0.1) is 21.3 Å². The smallest absolute Gasteiger partial charge is 0.234 e. The van der Waals surface area contributed by atoms with Crippen molar-refractivity contribution in [3.8, 4) is 10.7 Å². The van der Waals surface area contributed by atoms with Gasteiger partial charge in [0.2, 0.25) is 5.91 Å². The summed E-state index contributed by atoms with van der Waals surface area (Å²) in [6.45, 7) is 8.27. The Morgan fingerprint density at radius 3 is 2.89 bits per heavy atom. The van der Waals surface area contributed by atoms with Crippen molar-refractivity contribution in [1.82, 2.24) is 14.8 Å². The van der Waals surface area contributed by atoms with Crippen molar-refractivity contribution in [2.24, 2.45) is 0 Å². The van der Waals surface area contributed by atoms with Crippen LogP contribution >= 0.6 is 34.7 Å². The van der Waals surface area contributed by atoms with E-state index in [-0.39, 0.29) is 11.7 Å². The largest absolute Gasteiger partial charge is 0.324 e. The Labute approximate surface area is 171 Å². The van der Waals surface area contributed by atoms with Crippen molar-refractivity contribution in [2.75, 3.05) is 11.1 Å². The zero-order chi connectivity index (χ0) is 19.4. The molecule has 1 N–H and O–H groups in total. The van der Waals surface area contributed by atoms with E-state index in [4.69, 9.17) is 11.6 Å². The first-order chi connectivity index (χ1) is 13.0. The van der Waals surface area contributed by atoms with E-state index in [0.717, 1.165) is 21.8 Å². The fourth-order valence-corrected chi connectivity index (χ4v) is 4.49. The molecule has 0 bridgehead atoms. The van der Waals surface area contributed by atoms with Gasteiger partial charge in [-0.2, -0.15) is 0 Å². The summed E-state index contributed by atoms with van der Waals surface area (Å²) in [4.78, 5) is 13.4. The summed E-state index contributed by atoms with van der Waals surface area (Å²) in [7, 11) is 0. The van der Waals surface area contributed by atoms with E-state index in [1.54, 1.807) is 17.4 Å². The molecular weight excluding hydrogens is 400 g/mol. The molecule has 0 unspecified atom stereocenters. The molecule has 0 radical (unpaired) electrons. The Morgan fingerprint density at radius 1 is 1.41 bits per heavy atom. The summed E-state index contributed by atoms with van der Waals surface area (Å²) >= 11 is 9.20. The molecule has 0 spiro atoms. The van der Waals surface area contributed by atoms with Crippen LogP contribution in [0, 0.1) is 13.8 Å². The lowest BCUT2D eigenvalue weighted by atomic mass is 10.1. The average molecular weight is 419 g/mol. The molecule has 27 heavy (non-hydrogen) atoms. The molecule has 3 aromatic rings. The van der Waals surface area contributed by atoms with E-state index in [2.05, 4.69) is 22.1 Å². The molecule has 5 nitrogen and oxygen atoms in total. The second-order valence-corrected chi connectivity index (χ2v) is 8.26. The number of anilines is 1. The monoisotopic (exact) mass is 418 g/mol. The molecule has 2 heterocycles. The summed E-state index contributed by atoms with van der Waals surface area (Å²) < 4.78 is 1.96. The fourth-order valence-electron chi connectivity index (χ4n) is 2.66. The minimum absolute atomic E-state index is 0.139. The molecule has 0 saturated carbocycles. The van der Waals surface area contributed by atoms with Gasteiger partial charge in [-0.25, -0.2) is 0 Å². The van der Waals surface area contributed by atoms with Gasteiger partial charge in [-0.15, -0.1) is 28.1 Å². The molecule has 0 saturated heterocycles. The van der Waals surface area contributed by atoms with Gasteiger partial charge in [-0.1, -0.05) is 41.6 Å². The van der Waals surface area contributed by atoms with Crippen LogP contribution in [-0.4, -0.2) is 26.4 Å². The maximum atomic E-state index is 12.4. The first-order valence-corrected chi connectivity index (χ1v) is 10.5. The number of amides is 1. The van der Waals surface area contributed by atoms with Gasteiger partial charge in [0.15, 0.2) is 11.0 Å². The first-order valence-electron chi connectivity index (χ1n) is 8.27. The van der Waals surface area contributed by atoms with Gasteiger partial charge < -0.3 is 5.32 Å². The van der Waals surface area contributed by atoms with E-state index in [0.29, 0.717) is 22.4 Å². The van der Waals surface area contributed by atoms with Gasteiger partial charge in [0.25, 0.3) is 0 Å². The van der Waals surface area contributed by atoms with Crippen LogP contribution in [0.2, 0.25) is 5.02 Å². The van der Waals surface area contributed by atoms with Crippen molar-refractivity contribution in [2.45, 2.75) is 25.5 Å². The van der Waals surface area contributed by atoms with Crippen molar-refractivity contribution in [3.05, 3.63) is 58.5 Å². The second kappa shape index (κ2) is 8.73. The number of allylic oxidation sites excluding steroid dienone is 1. The highest BCUT2D eigenvalue weighted by Crippen LogP contribution is 2.29. The van der Waals surface area contributed by atoms with Crippen LogP contribution in [0.3, 0.4) is 0 Å². The van der Waals surface area contributed by atoms with Crippen LogP contribution in [0.15, 0.2) is 47.5 Å². The number of carbonyl (C=O) groups is 1. The molecule has 2 aromatic heterocycles. The quantitative estimate of drug-likeness (QED) is 0.423. The van der Waals surface area contributed by atoms with Crippen LogP contribution in [0.1, 0.15) is 11.1 Å².